The number of aromatic nitrogens is 6. The lowest BCUT2D eigenvalue weighted by atomic mass is 10.2. The van der Waals surface area contributed by atoms with E-state index in [1.165, 1.54) is 17.3 Å². The van der Waals surface area contributed by atoms with Crippen LogP contribution in [0, 0.1) is 0 Å². The number of amides is 2. The number of rotatable bonds is 6. The van der Waals surface area contributed by atoms with Gasteiger partial charge in [-0.15, -0.1) is 5.10 Å². The number of aliphatic hydroxyl groups excluding tert-OH is 1. The van der Waals surface area contributed by atoms with E-state index < -0.39 is 11.8 Å². The highest BCUT2D eigenvalue weighted by Crippen LogP contribution is 2.26. The molecule has 4 N–H and O–H groups in total. The van der Waals surface area contributed by atoms with E-state index in [0.717, 1.165) is 6.42 Å². The van der Waals surface area contributed by atoms with Crippen LogP contribution < -0.4 is 10.6 Å². The van der Waals surface area contributed by atoms with Gasteiger partial charge in [0.15, 0.2) is 6.23 Å². The lowest BCUT2D eigenvalue weighted by Crippen LogP contribution is -2.38. The second kappa shape index (κ2) is 7.14. The van der Waals surface area contributed by atoms with E-state index in [1.54, 1.807) is 0 Å². The Hall–Kier alpha value is -2.86. The van der Waals surface area contributed by atoms with Crippen LogP contribution in [0.4, 0.5) is 0 Å². The van der Waals surface area contributed by atoms with E-state index in [1.807, 2.05) is 0 Å². The Labute approximate surface area is 135 Å². The molecule has 0 bridgehead atoms. The van der Waals surface area contributed by atoms with Gasteiger partial charge in [0, 0.05) is 0 Å². The fourth-order valence-electron chi connectivity index (χ4n) is 2.22. The fourth-order valence-corrected chi connectivity index (χ4v) is 2.22. The van der Waals surface area contributed by atoms with Gasteiger partial charge in [0.25, 0.3) is 11.8 Å². The van der Waals surface area contributed by atoms with Crippen LogP contribution in [0.5, 0.6) is 0 Å². The molecule has 2 aromatic heterocycles. The SMILES string of the molecule is O=C(NCNC(=O)c1ncn[nH]1)c1ncn(C2CCC(CO)O2)n1. The smallest absolute Gasteiger partial charge is 0.292 e. The van der Waals surface area contributed by atoms with Crippen LogP contribution in [0.1, 0.15) is 40.3 Å². The van der Waals surface area contributed by atoms with Crippen LogP contribution in [-0.4, -0.2) is 66.2 Å². The molecule has 3 heterocycles. The minimum Gasteiger partial charge on any atom is -0.394 e. The summed E-state index contributed by atoms with van der Waals surface area (Å²) in [5.74, 6) is -1.03. The van der Waals surface area contributed by atoms with E-state index in [9.17, 15) is 9.59 Å². The molecule has 24 heavy (non-hydrogen) atoms. The van der Waals surface area contributed by atoms with Crippen molar-refractivity contribution in [3.8, 4) is 0 Å². The molecule has 0 aromatic carbocycles. The molecule has 0 saturated carbocycles. The van der Waals surface area contributed by atoms with Crippen LogP contribution in [0.15, 0.2) is 12.7 Å². The largest absolute Gasteiger partial charge is 0.394 e. The zero-order valence-corrected chi connectivity index (χ0v) is 12.5. The third kappa shape index (κ3) is 3.55. The molecular formula is C12H16N8O4. The second-order valence-corrected chi connectivity index (χ2v) is 5.04. The minimum atomic E-state index is -0.539. The van der Waals surface area contributed by atoms with Crippen LogP contribution in [0.25, 0.3) is 0 Å². The van der Waals surface area contributed by atoms with Crippen LogP contribution in [-0.2, 0) is 4.74 Å². The standard InChI is InChI=1S/C12H16N8O4/c21-3-7-1-2-8(24-7)20-6-16-10(19-20)12(23)15-4-14-11(22)9-13-5-17-18-9/h5-8,21H,1-4H2,(H,14,22)(H,15,23)(H,13,17,18). The molecule has 0 aliphatic carbocycles. The van der Waals surface area contributed by atoms with Crippen LogP contribution in [0.3, 0.4) is 0 Å². The molecule has 12 nitrogen and oxygen atoms in total. The molecule has 2 aromatic rings. The summed E-state index contributed by atoms with van der Waals surface area (Å²) in [5.41, 5.74) is 0. The van der Waals surface area contributed by atoms with Gasteiger partial charge in [-0.3, -0.25) is 14.7 Å². The van der Waals surface area contributed by atoms with Gasteiger partial charge in [0.2, 0.25) is 11.6 Å². The summed E-state index contributed by atoms with van der Waals surface area (Å²) in [6.07, 6.45) is 3.44. The zero-order chi connectivity index (χ0) is 16.9. The van der Waals surface area contributed by atoms with Crippen molar-refractivity contribution >= 4 is 11.8 Å². The number of aliphatic hydroxyl groups is 1. The van der Waals surface area contributed by atoms with Crippen molar-refractivity contribution in [1.29, 1.82) is 0 Å². The molecule has 0 radical (unpaired) electrons. The minimum absolute atomic E-state index is 0.0417. The Morgan fingerprint density at radius 2 is 2.17 bits per heavy atom. The first-order valence-electron chi connectivity index (χ1n) is 7.26. The molecular weight excluding hydrogens is 320 g/mol. The van der Waals surface area contributed by atoms with Crippen molar-refractivity contribution in [1.82, 2.24) is 40.6 Å². The number of nitrogens with zero attached hydrogens (tertiary/aromatic N) is 5. The molecule has 2 unspecified atom stereocenters. The molecule has 1 aliphatic rings. The van der Waals surface area contributed by atoms with Crippen molar-refractivity contribution in [3.63, 3.8) is 0 Å². The zero-order valence-electron chi connectivity index (χ0n) is 12.5. The summed E-state index contributed by atoms with van der Waals surface area (Å²) in [7, 11) is 0. The molecule has 1 fully saturated rings. The van der Waals surface area contributed by atoms with Gasteiger partial charge in [0.05, 0.1) is 19.4 Å². The van der Waals surface area contributed by atoms with Gasteiger partial charge >= 0.3 is 0 Å². The monoisotopic (exact) mass is 336 g/mol. The summed E-state index contributed by atoms with van der Waals surface area (Å²) in [6.45, 7) is -0.164. The molecule has 3 rings (SSSR count). The van der Waals surface area contributed by atoms with Crippen molar-refractivity contribution in [3.05, 3.63) is 24.3 Å². The second-order valence-electron chi connectivity index (χ2n) is 5.04. The number of aromatic amines is 1. The Balaban J connectivity index is 1.48. The molecule has 12 heteroatoms. The van der Waals surface area contributed by atoms with Gasteiger partial charge in [-0.25, -0.2) is 14.6 Å². The molecule has 2 amide bonds. The van der Waals surface area contributed by atoms with E-state index in [2.05, 4.69) is 35.9 Å². The normalized spacial score (nSPS) is 20.0. The maximum Gasteiger partial charge on any atom is 0.292 e. The van der Waals surface area contributed by atoms with Crippen molar-refractivity contribution in [2.75, 3.05) is 13.3 Å². The summed E-state index contributed by atoms with van der Waals surface area (Å²) in [4.78, 5) is 31.1. The topological polar surface area (TPSA) is 160 Å². The molecule has 1 saturated heterocycles. The van der Waals surface area contributed by atoms with Crippen LogP contribution >= 0.6 is 0 Å². The summed E-state index contributed by atoms with van der Waals surface area (Å²) in [5, 5.41) is 24.0. The maximum atomic E-state index is 11.9. The number of nitrogens with one attached hydrogen (secondary N) is 3. The van der Waals surface area contributed by atoms with Crippen LogP contribution in [0.2, 0.25) is 0 Å². The van der Waals surface area contributed by atoms with E-state index in [4.69, 9.17) is 9.84 Å². The third-order valence-corrected chi connectivity index (χ3v) is 3.42. The van der Waals surface area contributed by atoms with Gasteiger partial charge < -0.3 is 20.5 Å². The highest BCUT2D eigenvalue weighted by atomic mass is 16.5. The van der Waals surface area contributed by atoms with Gasteiger partial charge in [-0.2, -0.15) is 5.10 Å². The van der Waals surface area contributed by atoms with Gasteiger partial charge in [-0.05, 0) is 12.8 Å². The van der Waals surface area contributed by atoms with E-state index in [0.29, 0.717) is 6.42 Å². The number of carbonyl (C=O) groups is 2. The maximum absolute atomic E-state index is 11.9. The molecule has 1 aliphatic heterocycles. The first-order valence-corrected chi connectivity index (χ1v) is 7.26. The average molecular weight is 336 g/mol. The predicted molar refractivity (Wildman–Crippen MR) is 76.4 cm³/mol. The van der Waals surface area contributed by atoms with Crippen molar-refractivity contribution < 1.29 is 19.4 Å². The summed E-state index contributed by atoms with van der Waals surface area (Å²) in [6, 6.07) is 0. The quantitative estimate of drug-likeness (QED) is 0.449. The van der Waals surface area contributed by atoms with E-state index in [-0.39, 0.29) is 37.3 Å². The lowest BCUT2D eigenvalue weighted by Gasteiger charge is -2.11. The number of H-pyrrole nitrogens is 1. The number of ether oxygens (including phenoxy) is 1. The Bertz CT molecular complexity index is 700. The van der Waals surface area contributed by atoms with Crippen molar-refractivity contribution in [2.45, 2.75) is 25.2 Å². The first kappa shape index (κ1) is 16.0. The Morgan fingerprint density at radius 3 is 2.88 bits per heavy atom. The van der Waals surface area contributed by atoms with Gasteiger partial charge in [-0.1, -0.05) is 0 Å². The first-order chi connectivity index (χ1) is 11.7. The predicted octanol–water partition coefficient (Wildman–Crippen LogP) is -1.82. The highest BCUT2D eigenvalue weighted by Gasteiger charge is 2.27. The lowest BCUT2D eigenvalue weighted by molar-refractivity contribution is -0.0284. The molecule has 0 spiro atoms. The summed E-state index contributed by atoms with van der Waals surface area (Å²) >= 11 is 0. The van der Waals surface area contributed by atoms with Crippen molar-refractivity contribution in [2.24, 2.45) is 0 Å². The number of hydrogen-bond donors (Lipinski definition) is 4. The number of hydrogen-bond acceptors (Lipinski definition) is 8. The highest BCUT2D eigenvalue weighted by molar-refractivity contribution is 5.92. The summed E-state index contributed by atoms with van der Waals surface area (Å²) < 4.78 is 6.99. The Morgan fingerprint density at radius 1 is 1.33 bits per heavy atom. The third-order valence-electron chi connectivity index (χ3n) is 3.42. The molecule has 2 atom stereocenters. The fraction of sp³-hybridized carbons (Fsp3) is 0.500. The molecule has 128 valence electrons. The van der Waals surface area contributed by atoms with E-state index >= 15 is 0 Å². The number of carbonyl (C=O) groups excluding carboxylic acids is 2. The Kier molecular flexibility index (Phi) is 4.77. The van der Waals surface area contributed by atoms with Gasteiger partial charge in [0.1, 0.15) is 12.7 Å². The average Bonchev–Trinajstić information content (AvgIpc) is 3.34.